The molecule has 10 heteroatoms. The molecule has 3 aromatic rings. The molecular weight excluding hydrogens is 470 g/mol. The van der Waals surface area contributed by atoms with Gasteiger partial charge in [-0.05, 0) is 62.7 Å². The van der Waals surface area contributed by atoms with Crippen LogP contribution in [-0.4, -0.2) is 58.5 Å². The number of rotatable bonds is 10. The highest BCUT2D eigenvalue weighted by atomic mass is 32.2. The number of anilines is 1. The second-order valence-electron chi connectivity index (χ2n) is 8.53. The maximum Gasteiger partial charge on any atom is 0.229 e. The molecule has 0 aliphatic carbocycles. The van der Waals surface area contributed by atoms with E-state index in [9.17, 15) is 13.2 Å². The normalized spacial score (nSPS) is 15.4. The molecule has 1 aliphatic heterocycles. The Bertz CT molecular complexity index is 1220. The van der Waals surface area contributed by atoms with Crippen LogP contribution in [0.5, 0.6) is 0 Å². The number of nitrogens with one attached hydrogen (secondary N) is 1. The van der Waals surface area contributed by atoms with E-state index in [1.807, 2.05) is 25.1 Å². The molecule has 4 rings (SSSR count). The van der Waals surface area contributed by atoms with Gasteiger partial charge in [-0.15, -0.1) is 10.2 Å². The minimum absolute atomic E-state index is 0.0498. The van der Waals surface area contributed by atoms with Gasteiger partial charge in [0.15, 0.2) is 10.9 Å². The zero-order valence-electron chi connectivity index (χ0n) is 19.3. The topological polar surface area (TPSA) is 97.2 Å². The Morgan fingerprint density at radius 2 is 1.71 bits per heavy atom. The van der Waals surface area contributed by atoms with Crippen LogP contribution >= 0.6 is 11.8 Å². The van der Waals surface area contributed by atoms with Crippen LogP contribution in [0, 0.1) is 0 Å². The first-order valence-corrected chi connectivity index (χ1v) is 14.0. The molecule has 0 spiro atoms. The predicted octanol–water partition coefficient (Wildman–Crippen LogP) is 3.66. The van der Waals surface area contributed by atoms with Gasteiger partial charge in [0, 0.05) is 11.3 Å². The van der Waals surface area contributed by atoms with Crippen LogP contribution in [0.2, 0.25) is 0 Å². The van der Waals surface area contributed by atoms with E-state index in [2.05, 4.69) is 36.5 Å². The minimum Gasteiger partial charge on any atom is -0.300 e. The predicted molar refractivity (Wildman–Crippen MR) is 135 cm³/mol. The van der Waals surface area contributed by atoms with Crippen molar-refractivity contribution >= 4 is 33.3 Å². The first kappa shape index (κ1) is 24.4. The Morgan fingerprint density at radius 1 is 1.03 bits per heavy atom. The summed E-state index contributed by atoms with van der Waals surface area (Å²) in [5.41, 5.74) is 2.10. The molecule has 0 bridgehead atoms. The summed E-state index contributed by atoms with van der Waals surface area (Å²) in [7, 11) is -3.36. The second-order valence-corrected chi connectivity index (χ2v) is 11.6. The Labute approximate surface area is 204 Å². The lowest BCUT2D eigenvalue weighted by Gasteiger charge is -2.17. The second kappa shape index (κ2) is 10.7. The molecule has 2 heterocycles. The van der Waals surface area contributed by atoms with Gasteiger partial charge in [0.05, 0.1) is 24.6 Å². The van der Waals surface area contributed by atoms with Crippen molar-refractivity contribution in [3.05, 3.63) is 71.5 Å². The number of sulfonamides is 1. The van der Waals surface area contributed by atoms with Crippen molar-refractivity contribution in [1.82, 2.24) is 19.7 Å². The van der Waals surface area contributed by atoms with E-state index in [-0.39, 0.29) is 11.0 Å². The molecule has 1 fully saturated rings. The van der Waals surface area contributed by atoms with Gasteiger partial charge in [-0.3, -0.25) is 14.4 Å². The number of likely N-dealkylation sites (tertiary alicyclic amines) is 1. The Kier molecular flexibility index (Phi) is 7.70. The standard InChI is InChI=1S/C24H29N5O3S2/c1-18(23(30)20-10-12-21(13-11-20)27-34(2,31)32)33-24-26-25-22(17-28-14-6-7-15-28)29(24)16-19-8-4-3-5-9-19/h3-5,8-13,18,27H,6-7,14-17H2,1-2H3. The van der Waals surface area contributed by atoms with E-state index in [0.29, 0.717) is 23.0 Å². The van der Waals surface area contributed by atoms with Gasteiger partial charge in [0.1, 0.15) is 5.82 Å². The van der Waals surface area contributed by atoms with Crippen LogP contribution in [0.25, 0.3) is 0 Å². The first-order chi connectivity index (χ1) is 16.3. The van der Waals surface area contributed by atoms with Crippen molar-refractivity contribution in [3.8, 4) is 0 Å². The van der Waals surface area contributed by atoms with Gasteiger partial charge in [-0.1, -0.05) is 42.1 Å². The van der Waals surface area contributed by atoms with Crippen molar-refractivity contribution in [1.29, 1.82) is 0 Å². The third kappa shape index (κ3) is 6.46. The number of carbonyl (C=O) groups excluding carboxylic acids is 1. The molecule has 0 radical (unpaired) electrons. The summed E-state index contributed by atoms with van der Waals surface area (Å²) < 4.78 is 27.3. The Hall–Kier alpha value is -2.69. The number of hydrogen-bond donors (Lipinski definition) is 1. The molecular formula is C24H29N5O3S2. The smallest absolute Gasteiger partial charge is 0.229 e. The molecule has 1 aliphatic rings. The minimum atomic E-state index is -3.36. The largest absolute Gasteiger partial charge is 0.300 e. The van der Waals surface area contributed by atoms with Gasteiger partial charge in [0.25, 0.3) is 0 Å². The zero-order valence-corrected chi connectivity index (χ0v) is 21.0. The van der Waals surface area contributed by atoms with Gasteiger partial charge < -0.3 is 4.57 Å². The molecule has 1 N–H and O–H groups in total. The molecule has 180 valence electrons. The zero-order chi connectivity index (χ0) is 24.1. The number of hydrogen-bond acceptors (Lipinski definition) is 7. The quantitative estimate of drug-likeness (QED) is 0.336. The van der Waals surface area contributed by atoms with Crippen molar-refractivity contribution in [2.24, 2.45) is 0 Å². The van der Waals surface area contributed by atoms with Gasteiger partial charge in [-0.25, -0.2) is 8.42 Å². The van der Waals surface area contributed by atoms with E-state index >= 15 is 0 Å². The summed E-state index contributed by atoms with van der Waals surface area (Å²) in [6, 6.07) is 16.6. The van der Waals surface area contributed by atoms with E-state index in [1.165, 1.54) is 24.6 Å². The van der Waals surface area contributed by atoms with Crippen LogP contribution in [0.1, 0.15) is 41.5 Å². The SMILES string of the molecule is CC(Sc1nnc(CN2CCCC2)n1Cc1ccccc1)C(=O)c1ccc(NS(C)(=O)=O)cc1. The Balaban J connectivity index is 1.51. The van der Waals surface area contributed by atoms with E-state index in [4.69, 9.17) is 0 Å². The monoisotopic (exact) mass is 499 g/mol. The van der Waals surface area contributed by atoms with Gasteiger partial charge >= 0.3 is 0 Å². The van der Waals surface area contributed by atoms with Crippen LogP contribution in [0.4, 0.5) is 5.69 Å². The van der Waals surface area contributed by atoms with Crippen molar-refractivity contribution in [2.75, 3.05) is 24.1 Å². The molecule has 1 atom stereocenters. The summed E-state index contributed by atoms with van der Waals surface area (Å²) in [4.78, 5) is 15.5. The Morgan fingerprint density at radius 3 is 2.35 bits per heavy atom. The number of benzene rings is 2. The summed E-state index contributed by atoms with van der Waals surface area (Å²) >= 11 is 1.40. The molecule has 1 saturated heterocycles. The van der Waals surface area contributed by atoms with Crippen LogP contribution in [0.15, 0.2) is 59.8 Å². The summed E-state index contributed by atoms with van der Waals surface area (Å²) in [5, 5.41) is 9.26. The molecule has 34 heavy (non-hydrogen) atoms. The van der Waals surface area contributed by atoms with Crippen molar-refractivity contribution in [3.63, 3.8) is 0 Å². The number of ketones is 1. The van der Waals surface area contributed by atoms with Crippen LogP contribution in [0.3, 0.4) is 0 Å². The average Bonchev–Trinajstić information content (AvgIpc) is 3.45. The highest BCUT2D eigenvalue weighted by Gasteiger charge is 2.23. The lowest BCUT2D eigenvalue weighted by Crippen LogP contribution is -2.22. The lowest BCUT2D eigenvalue weighted by molar-refractivity contribution is 0.0994. The summed E-state index contributed by atoms with van der Waals surface area (Å²) in [5.74, 6) is 0.857. The molecule has 1 aromatic heterocycles. The molecule has 2 aromatic carbocycles. The molecule has 1 unspecified atom stereocenters. The van der Waals surface area contributed by atoms with E-state index in [1.54, 1.807) is 24.3 Å². The summed E-state index contributed by atoms with van der Waals surface area (Å²) in [6.45, 7) is 5.39. The molecule has 8 nitrogen and oxygen atoms in total. The van der Waals surface area contributed by atoms with Gasteiger partial charge in [0.2, 0.25) is 10.0 Å². The third-order valence-electron chi connectivity index (χ3n) is 5.66. The fourth-order valence-corrected chi connectivity index (χ4v) is 5.46. The number of thioether (sulfide) groups is 1. The van der Waals surface area contributed by atoms with Crippen molar-refractivity contribution < 1.29 is 13.2 Å². The maximum atomic E-state index is 13.1. The number of carbonyl (C=O) groups is 1. The summed E-state index contributed by atoms with van der Waals surface area (Å²) in [6.07, 6.45) is 3.51. The lowest BCUT2D eigenvalue weighted by atomic mass is 10.1. The molecule has 0 saturated carbocycles. The third-order valence-corrected chi connectivity index (χ3v) is 7.35. The maximum absolute atomic E-state index is 13.1. The molecule has 0 amide bonds. The fourth-order valence-electron chi connectivity index (χ4n) is 3.95. The number of aromatic nitrogens is 3. The fraction of sp³-hybridized carbons (Fsp3) is 0.375. The highest BCUT2D eigenvalue weighted by Crippen LogP contribution is 2.27. The van der Waals surface area contributed by atoms with Gasteiger partial charge in [-0.2, -0.15) is 0 Å². The number of nitrogens with zero attached hydrogens (tertiary/aromatic N) is 4. The van der Waals surface area contributed by atoms with E-state index < -0.39 is 10.0 Å². The van der Waals surface area contributed by atoms with Crippen LogP contribution in [-0.2, 0) is 23.1 Å². The first-order valence-electron chi connectivity index (χ1n) is 11.3. The number of Topliss-reactive ketones (excluding diaryl/α,β-unsaturated/α-hetero) is 1. The van der Waals surface area contributed by atoms with Crippen LogP contribution < -0.4 is 4.72 Å². The highest BCUT2D eigenvalue weighted by molar-refractivity contribution is 8.00. The van der Waals surface area contributed by atoms with Crippen molar-refractivity contribution in [2.45, 2.75) is 43.3 Å². The average molecular weight is 500 g/mol. The van der Waals surface area contributed by atoms with E-state index in [0.717, 1.165) is 37.3 Å².